The van der Waals surface area contributed by atoms with Crippen LogP contribution < -0.4 is 4.90 Å². The summed E-state index contributed by atoms with van der Waals surface area (Å²) in [5.74, 6) is 0. The third-order valence-corrected chi connectivity index (χ3v) is 3.13. The summed E-state index contributed by atoms with van der Waals surface area (Å²) in [6.07, 6.45) is 0. The number of aliphatic hydroxyl groups is 1. The van der Waals surface area contributed by atoms with Gasteiger partial charge in [-0.25, -0.2) is 4.79 Å². The molecule has 4 nitrogen and oxygen atoms in total. The minimum absolute atomic E-state index is 0.0138. The maximum atomic E-state index is 11.9. The van der Waals surface area contributed by atoms with Crippen molar-refractivity contribution in [2.24, 2.45) is 0 Å². The fourth-order valence-corrected chi connectivity index (χ4v) is 2.04. The first-order valence-corrected chi connectivity index (χ1v) is 5.94. The molecule has 86 valence electrons. The van der Waals surface area contributed by atoms with Crippen molar-refractivity contribution < 1.29 is 9.90 Å². The molecule has 1 aliphatic heterocycles. The van der Waals surface area contributed by atoms with Crippen LogP contribution in [0.2, 0.25) is 0 Å². The van der Waals surface area contributed by atoms with Gasteiger partial charge < -0.3 is 10.0 Å². The second kappa shape index (κ2) is 4.84. The summed E-state index contributed by atoms with van der Waals surface area (Å²) < 4.78 is 0.995. The summed E-state index contributed by atoms with van der Waals surface area (Å²) in [7, 11) is 0. The fraction of sp³-hybridized carbons (Fsp3) is 0.364. The van der Waals surface area contributed by atoms with Crippen LogP contribution >= 0.6 is 15.9 Å². The molecule has 1 aromatic rings. The molecule has 0 spiro atoms. The number of anilines is 1. The summed E-state index contributed by atoms with van der Waals surface area (Å²) in [6, 6.07) is 7.61. The number of β-amino-alcohol motifs (C(OH)–C–C–N with tert-alkyl or cyclic N) is 1. The average Bonchev–Trinajstić information content (AvgIpc) is 2.63. The van der Waals surface area contributed by atoms with Crippen LogP contribution in [0.4, 0.5) is 10.5 Å². The molecule has 0 unspecified atom stereocenters. The standard InChI is InChI=1S/C11H13BrN2O2/c12-9-1-3-10(4-2-9)14-6-5-13(7-8-15)11(14)16/h1-4,15H,5-8H2. The normalized spacial score (nSPS) is 16.0. The number of hydrogen-bond acceptors (Lipinski definition) is 2. The van der Waals surface area contributed by atoms with E-state index in [0.717, 1.165) is 10.2 Å². The van der Waals surface area contributed by atoms with E-state index in [4.69, 9.17) is 5.11 Å². The van der Waals surface area contributed by atoms with E-state index in [1.165, 1.54) is 0 Å². The van der Waals surface area contributed by atoms with Crippen LogP contribution in [0.25, 0.3) is 0 Å². The molecule has 2 rings (SSSR count). The van der Waals surface area contributed by atoms with Gasteiger partial charge in [0.1, 0.15) is 0 Å². The van der Waals surface area contributed by atoms with Crippen molar-refractivity contribution in [1.82, 2.24) is 4.90 Å². The molecule has 0 aliphatic carbocycles. The van der Waals surface area contributed by atoms with Crippen LogP contribution in [0, 0.1) is 0 Å². The Labute approximate surface area is 103 Å². The first-order valence-electron chi connectivity index (χ1n) is 5.15. The van der Waals surface area contributed by atoms with Gasteiger partial charge in [0.2, 0.25) is 0 Å². The van der Waals surface area contributed by atoms with E-state index < -0.39 is 0 Å². The van der Waals surface area contributed by atoms with Crippen molar-refractivity contribution in [3.8, 4) is 0 Å². The Kier molecular flexibility index (Phi) is 3.46. The number of amides is 2. The van der Waals surface area contributed by atoms with Crippen molar-refractivity contribution >= 4 is 27.6 Å². The number of halogens is 1. The summed E-state index contributed by atoms with van der Waals surface area (Å²) in [5.41, 5.74) is 0.897. The summed E-state index contributed by atoms with van der Waals surface area (Å²) in [6.45, 7) is 1.78. The van der Waals surface area contributed by atoms with Gasteiger partial charge in [-0.2, -0.15) is 0 Å². The molecule has 0 atom stereocenters. The lowest BCUT2D eigenvalue weighted by atomic mass is 10.3. The molecule has 5 heteroatoms. The molecule has 1 heterocycles. The first-order chi connectivity index (χ1) is 7.72. The van der Waals surface area contributed by atoms with Crippen molar-refractivity contribution in [3.63, 3.8) is 0 Å². The third kappa shape index (κ3) is 2.20. The highest BCUT2D eigenvalue weighted by Crippen LogP contribution is 2.22. The summed E-state index contributed by atoms with van der Waals surface area (Å²) >= 11 is 3.36. The van der Waals surface area contributed by atoms with Crippen molar-refractivity contribution in [1.29, 1.82) is 0 Å². The van der Waals surface area contributed by atoms with Crippen molar-refractivity contribution in [2.75, 3.05) is 31.1 Å². The molecule has 1 aromatic carbocycles. The van der Waals surface area contributed by atoms with Gasteiger partial charge in [-0.15, -0.1) is 0 Å². The number of benzene rings is 1. The molecule has 1 N–H and O–H groups in total. The molecule has 0 radical (unpaired) electrons. The Morgan fingerprint density at radius 1 is 1.25 bits per heavy atom. The molecule has 2 amide bonds. The first kappa shape index (κ1) is 11.4. The zero-order chi connectivity index (χ0) is 11.5. The number of rotatable bonds is 3. The number of aliphatic hydroxyl groups excluding tert-OH is 1. The van der Waals surface area contributed by atoms with E-state index in [9.17, 15) is 4.79 Å². The number of carbonyl (C=O) groups excluding carboxylic acids is 1. The van der Waals surface area contributed by atoms with Gasteiger partial charge >= 0.3 is 6.03 Å². The van der Waals surface area contributed by atoms with Crippen LogP contribution in [0.5, 0.6) is 0 Å². The third-order valence-electron chi connectivity index (χ3n) is 2.60. The van der Waals surface area contributed by atoms with E-state index in [0.29, 0.717) is 19.6 Å². The molecule has 16 heavy (non-hydrogen) atoms. The molecule has 0 saturated carbocycles. The smallest absolute Gasteiger partial charge is 0.324 e. The van der Waals surface area contributed by atoms with Crippen LogP contribution in [-0.4, -0.2) is 42.3 Å². The highest BCUT2D eigenvalue weighted by atomic mass is 79.9. The van der Waals surface area contributed by atoms with Crippen molar-refractivity contribution in [2.45, 2.75) is 0 Å². The molecule has 1 aliphatic rings. The number of hydrogen-bond donors (Lipinski definition) is 1. The summed E-state index contributed by atoms with van der Waals surface area (Å²) in [5, 5.41) is 8.82. The molecular formula is C11H13BrN2O2. The lowest BCUT2D eigenvalue weighted by molar-refractivity contribution is 0.199. The summed E-state index contributed by atoms with van der Waals surface area (Å²) in [4.78, 5) is 15.3. The topological polar surface area (TPSA) is 43.8 Å². The molecule has 0 bridgehead atoms. The predicted octanol–water partition coefficient (Wildman–Crippen LogP) is 1.68. The fourth-order valence-electron chi connectivity index (χ4n) is 1.77. The highest BCUT2D eigenvalue weighted by Gasteiger charge is 2.28. The molecule has 1 saturated heterocycles. The number of carbonyl (C=O) groups is 1. The lowest BCUT2D eigenvalue weighted by Gasteiger charge is -2.17. The SMILES string of the molecule is O=C1N(CCO)CCN1c1ccc(Br)cc1. The Morgan fingerprint density at radius 3 is 2.56 bits per heavy atom. The second-order valence-electron chi connectivity index (χ2n) is 3.62. The average molecular weight is 285 g/mol. The number of urea groups is 1. The number of nitrogens with zero attached hydrogens (tertiary/aromatic N) is 2. The zero-order valence-corrected chi connectivity index (χ0v) is 10.4. The highest BCUT2D eigenvalue weighted by molar-refractivity contribution is 9.10. The van der Waals surface area contributed by atoms with Gasteiger partial charge in [-0.1, -0.05) is 15.9 Å². The van der Waals surface area contributed by atoms with E-state index in [-0.39, 0.29) is 12.6 Å². The van der Waals surface area contributed by atoms with Crippen LogP contribution in [0.15, 0.2) is 28.7 Å². The van der Waals surface area contributed by atoms with Gasteiger partial charge in [0, 0.05) is 29.8 Å². The Balaban J connectivity index is 2.12. The monoisotopic (exact) mass is 284 g/mol. The van der Waals surface area contributed by atoms with Crippen LogP contribution in [0.3, 0.4) is 0 Å². The van der Waals surface area contributed by atoms with Crippen LogP contribution in [-0.2, 0) is 0 Å². The second-order valence-corrected chi connectivity index (χ2v) is 4.54. The lowest BCUT2D eigenvalue weighted by Crippen LogP contribution is -2.33. The van der Waals surface area contributed by atoms with E-state index in [1.54, 1.807) is 9.80 Å². The van der Waals surface area contributed by atoms with Gasteiger partial charge in [0.25, 0.3) is 0 Å². The minimum atomic E-state index is -0.0311. The van der Waals surface area contributed by atoms with Gasteiger partial charge in [0.05, 0.1) is 6.61 Å². The van der Waals surface area contributed by atoms with E-state index in [1.807, 2.05) is 24.3 Å². The maximum Gasteiger partial charge on any atom is 0.324 e. The molecule has 1 fully saturated rings. The predicted molar refractivity (Wildman–Crippen MR) is 65.5 cm³/mol. The zero-order valence-electron chi connectivity index (χ0n) is 8.77. The molecule has 0 aromatic heterocycles. The Morgan fingerprint density at radius 2 is 1.94 bits per heavy atom. The van der Waals surface area contributed by atoms with E-state index >= 15 is 0 Å². The largest absolute Gasteiger partial charge is 0.395 e. The van der Waals surface area contributed by atoms with Crippen LogP contribution in [0.1, 0.15) is 0 Å². The van der Waals surface area contributed by atoms with E-state index in [2.05, 4.69) is 15.9 Å². The Bertz CT molecular complexity index is 380. The Hall–Kier alpha value is -1.07. The minimum Gasteiger partial charge on any atom is -0.395 e. The van der Waals surface area contributed by atoms with Gasteiger partial charge in [-0.05, 0) is 24.3 Å². The van der Waals surface area contributed by atoms with Crippen molar-refractivity contribution in [3.05, 3.63) is 28.7 Å². The molecular weight excluding hydrogens is 272 g/mol. The van der Waals surface area contributed by atoms with Gasteiger partial charge in [-0.3, -0.25) is 4.90 Å². The maximum absolute atomic E-state index is 11.9. The van der Waals surface area contributed by atoms with Gasteiger partial charge in [0.15, 0.2) is 0 Å². The quantitative estimate of drug-likeness (QED) is 0.918.